The summed E-state index contributed by atoms with van der Waals surface area (Å²) in [7, 11) is 0. The van der Waals surface area contributed by atoms with E-state index in [2.05, 4.69) is 30.4 Å². The van der Waals surface area contributed by atoms with Crippen LogP contribution < -0.4 is 5.32 Å². The average Bonchev–Trinajstić information content (AvgIpc) is 3.34. The van der Waals surface area contributed by atoms with Crippen LogP contribution in [0.15, 0.2) is 37.1 Å². The summed E-state index contributed by atoms with van der Waals surface area (Å²) in [5.41, 5.74) is 3.65. The second kappa shape index (κ2) is 6.59. The Bertz CT molecular complexity index is 1160. The van der Waals surface area contributed by atoms with E-state index in [1.165, 1.54) is 6.33 Å². The number of nitrogens with zero attached hydrogens (tertiary/aromatic N) is 6. The van der Waals surface area contributed by atoms with Gasteiger partial charge >= 0.3 is 0 Å². The zero-order valence-corrected chi connectivity index (χ0v) is 15.5. The molecule has 1 saturated heterocycles. The van der Waals surface area contributed by atoms with E-state index in [1.807, 2.05) is 35.6 Å². The maximum absolute atomic E-state index is 11.5. The number of rotatable bonds is 3. The fourth-order valence-electron chi connectivity index (χ4n) is 3.72. The molecule has 0 radical (unpaired) electrons. The van der Waals surface area contributed by atoms with Crippen LogP contribution in [0.1, 0.15) is 19.8 Å². The van der Waals surface area contributed by atoms with Crippen molar-refractivity contribution in [3.8, 4) is 11.1 Å². The zero-order chi connectivity index (χ0) is 19.1. The van der Waals surface area contributed by atoms with Gasteiger partial charge in [0.1, 0.15) is 12.0 Å². The molecule has 0 aliphatic carbocycles. The van der Waals surface area contributed by atoms with Gasteiger partial charge in [0, 0.05) is 55.6 Å². The highest BCUT2D eigenvalue weighted by Gasteiger charge is 2.21. The Labute approximate surface area is 160 Å². The van der Waals surface area contributed by atoms with Gasteiger partial charge in [0.15, 0.2) is 5.65 Å². The van der Waals surface area contributed by atoms with Gasteiger partial charge in [-0.05, 0) is 30.5 Å². The number of aromatic nitrogens is 6. The van der Waals surface area contributed by atoms with Crippen LogP contribution in [0.2, 0.25) is 0 Å². The van der Waals surface area contributed by atoms with Crippen molar-refractivity contribution >= 4 is 28.5 Å². The number of fused-ring (bicyclic) bond motifs is 2. The molecule has 0 bridgehead atoms. The molecular weight excluding hydrogens is 356 g/mol. The zero-order valence-electron chi connectivity index (χ0n) is 15.5. The van der Waals surface area contributed by atoms with Gasteiger partial charge in [-0.1, -0.05) is 0 Å². The van der Waals surface area contributed by atoms with Gasteiger partial charge < -0.3 is 15.2 Å². The van der Waals surface area contributed by atoms with Gasteiger partial charge in [0.25, 0.3) is 0 Å². The number of hydrogen-bond donors (Lipinski definition) is 2. The van der Waals surface area contributed by atoms with E-state index in [4.69, 9.17) is 0 Å². The standard InChI is InChI=1S/C19H20N8O/c1-12(28)26-5-3-14(4-6-26)24-19-21-10-16-15(9-20-18(16)25-19)13-2-7-27-17(8-13)22-11-23-27/h2,7-11,14H,3-6H2,1H3,(H2,20,21,24,25). The van der Waals surface area contributed by atoms with Crippen LogP contribution in [0.4, 0.5) is 5.95 Å². The van der Waals surface area contributed by atoms with Crippen LogP contribution in [-0.2, 0) is 4.79 Å². The summed E-state index contributed by atoms with van der Waals surface area (Å²) in [6, 6.07) is 4.27. The normalized spacial score (nSPS) is 15.4. The molecule has 142 valence electrons. The molecule has 5 rings (SSSR count). The number of carbonyl (C=O) groups excluding carboxylic acids is 1. The summed E-state index contributed by atoms with van der Waals surface area (Å²) < 4.78 is 1.73. The first-order valence-corrected chi connectivity index (χ1v) is 9.33. The smallest absolute Gasteiger partial charge is 0.224 e. The number of anilines is 1. The molecule has 9 heteroatoms. The van der Waals surface area contributed by atoms with E-state index in [0.717, 1.165) is 53.7 Å². The highest BCUT2D eigenvalue weighted by Crippen LogP contribution is 2.28. The summed E-state index contributed by atoms with van der Waals surface area (Å²) in [6.07, 6.45) is 9.01. The number of pyridine rings is 1. The molecule has 0 saturated carbocycles. The topological polar surface area (TPSA) is 104 Å². The van der Waals surface area contributed by atoms with Crippen molar-refractivity contribution in [3.63, 3.8) is 0 Å². The summed E-state index contributed by atoms with van der Waals surface area (Å²) in [5.74, 6) is 0.745. The van der Waals surface area contributed by atoms with Gasteiger partial charge in [0.05, 0.1) is 0 Å². The fourth-order valence-corrected chi connectivity index (χ4v) is 3.72. The molecular formula is C19H20N8O. The predicted octanol–water partition coefficient (Wildman–Crippen LogP) is 2.09. The monoisotopic (exact) mass is 376 g/mol. The molecule has 1 fully saturated rings. The van der Waals surface area contributed by atoms with Crippen molar-refractivity contribution in [2.24, 2.45) is 0 Å². The van der Waals surface area contributed by atoms with Crippen molar-refractivity contribution < 1.29 is 4.79 Å². The van der Waals surface area contributed by atoms with Crippen molar-refractivity contribution in [1.29, 1.82) is 0 Å². The number of hydrogen-bond acceptors (Lipinski definition) is 6. The van der Waals surface area contributed by atoms with Crippen molar-refractivity contribution in [3.05, 3.63) is 37.1 Å². The molecule has 5 heterocycles. The number of amides is 1. The lowest BCUT2D eigenvalue weighted by Gasteiger charge is -2.31. The Morgan fingerprint density at radius 3 is 2.96 bits per heavy atom. The van der Waals surface area contributed by atoms with Crippen LogP contribution in [0.25, 0.3) is 27.8 Å². The average molecular weight is 376 g/mol. The first kappa shape index (κ1) is 16.7. The van der Waals surface area contributed by atoms with Crippen LogP contribution >= 0.6 is 0 Å². The molecule has 1 aliphatic rings. The maximum Gasteiger partial charge on any atom is 0.224 e. The molecule has 28 heavy (non-hydrogen) atoms. The third-order valence-electron chi connectivity index (χ3n) is 5.30. The largest absolute Gasteiger partial charge is 0.351 e. The highest BCUT2D eigenvalue weighted by molar-refractivity contribution is 5.93. The van der Waals surface area contributed by atoms with Crippen LogP contribution in [0, 0.1) is 0 Å². The molecule has 4 aromatic rings. The first-order chi connectivity index (χ1) is 13.7. The molecule has 0 unspecified atom stereocenters. The molecule has 0 atom stereocenters. The van der Waals surface area contributed by atoms with E-state index in [9.17, 15) is 4.79 Å². The van der Waals surface area contributed by atoms with Crippen LogP contribution in [0.5, 0.6) is 0 Å². The van der Waals surface area contributed by atoms with Gasteiger partial charge in [-0.25, -0.2) is 14.5 Å². The molecule has 2 N–H and O–H groups in total. The molecule has 0 spiro atoms. The number of aromatic amines is 1. The molecule has 0 aromatic carbocycles. The number of nitrogens with one attached hydrogen (secondary N) is 2. The van der Waals surface area contributed by atoms with Crippen molar-refractivity contribution in [2.75, 3.05) is 18.4 Å². The Hall–Kier alpha value is -3.49. The highest BCUT2D eigenvalue weighted by atomic mass is 16.2. The van der Waals surface area contributed by atoms with Crippen LogP contribution in [-0.4, -0.2) is 59.5 Å². The molecule has 1 aliphatic heterocycles. The van der Waals surface area contributed by atoms with Gasteiger partial charge in [-0.15, -0.1) is 0 Å². The predicted molar refractivity (Wildman–Crippen MR) is 105 cm³/mol. The van der Waals surface area contributed by atoms with E-state index in [1.54, 1.807) is 11.4 Å². The number of carbonyl (C=O) groups is 1. The van der Waals surface area contributed by atoms with E-state index < -0.39 is 0 Å². The fraction of sp³-hybridized carbons (Fsp3) is 0.316. The first-order valence-electron chi connectivity index (χ1n) is 9.33. The Morgan fingerprint density at radius 1 is 1.29 bits per heavy atom. The third-order valence-corrected chi connectivity index (χ3v) is 5.30. The minimum absolute atomic E-state index is 0.138. The Morgan fingerprint density at radius 2 is 2.14 bits per heavy atom. The molecule has 9 nitrogen and oxygen atoms in total. The number of piperidine rings is 1. The quantitative estimate of drug-likeness (QED) is 0.567. The Balaban J connectivity index is 1.37. The van der Waals surface area contributed by atoms with Crippen molar-refractivity contribution in [1.82, 2.24) is 34.4 Å². The lowest BCUT2D eigenvalue weighted by atomic mass is 10.1. The Kier molecular flexibility index (Phi) is 3.92. The summed E-state index contributed by atoms with van der Waals surface area (Å²) in [5, 5.41) is 8.49. The van der Waals surface area contributed by atoms with Crippen molar-refractivity contribution in [2.45, 2.75) is 25.8 Å². The van der Waals surface area contributed by atoms with Gasteiger partial charge in [-0.2, -0.15) is 10.1 Å². The minimum Gasteiger partial charge on any atom is -0.351 e. The van der Waals surface area contributed by atoms with Crippen LogP contribution in [0.3, 0.4) is 0 Å². The lowest BCUT2D eigenvalue weighted by Crippen LogP contribution is -2.41. The minimum atomic E-state index is 0.138. The SMILES string of the molecule is CC(=O)N1CCC(Nc2ncc3c(-c4ccn5ncnc5c4)c[nH]c3n2)CC1. The van der Waals surface area contributed by atoms with Gasteiger partial charge in [-0.3, -0.25) is 4.79 Å². The summed E-state index contributed by atoms with van der Waals surface area (Å²) in [6.45, 7) is 3.16. The third kappa shape index (κ3) is 2.94. The van der Waals surface area contributed by atoms with E-state index in [0.29, 0.717) is 5.95 Å². The summed E-state index contributed by atoms with van der Waals surface area (Å²) >= 11 is 0. The molecule has 4 aromatic heterocycles. The number of likely N-dealkylation sites (tertiary alicyclic amines) is 1. The second-order valence-corrected chi connectivity index (χ2v) is 7.06. The number of H-pyrrole nitrogens is 1. The summed E-state index contributed by atoms with van der Waals surface area (Å²) in [4.78, 5) is 30.0. The lowest BCUT2D eigenvalue weighted by molar-refractivity contribution is -0.129. The molecule has 1 amide bonds. The van der Waals surface area contributed by atoms with Gasteiger partial charge in [0.2, 0.25) is 11.9 Å². The van der Waals surface area contributed by atoms with E-state index >= 15 is 0 Å². The maximum atomic E-state index is 11.5. The van der Waals surface area contributed by atoms with E-state index in [-0.39, 0.29) is 11.9 Å². The second-order valence-electron chi connectivity index (χ2n) is 7.06.